The van der Waals surface area contributed by atoms with Crippen molar-refractivity contribution in [2.45, 2.75) is 0 Å². The number of methoxy groups -OCH3 is 1. The van der Waals surface area contributed by atoms with E-state index in [4.69, 9.17) is 0 Å². The number of hydrogen-bond acceptors (Lipinski definition) is 2. The van der Waals surface area contributed by atoms with Crippen LogP contribution >= 0.6 is 0 Å². The summed E-state index contributed by atoms with van der Waals surface area (Å²) in [6.07, 6.45) is 1.70. The molecule has 0 N–H and O–H groups in total. The fourth-order valence-electron chi connectivity index (χ4n) is 1.71. The van der Waals surface area contributed by atoms with Gasteiger partial charge in [0.2, 0.25) is 0 Å². The minimum atomic E-state index is -0.435. The minimum Gasteiger partial charge on any atom is -0.464 e. The number of hydrogen-bond donors (Lipinski definition) is 0. The largest absolute Gasteiger partial charge is 0.464 e. The molecule has 0 aliphatic carbocycles. The Kier molecular flexibility index (Phi) is 2.95. The number of halogens is 1. The fraction of sp³-hybridized carbons (Fsp3) is 0.154. The van der Waals surface area contributed by atoms with E-state index in [1.165, 1.54) is 13.2 Å². The molecular weight excluding hydrogens is 221 g/mol. The summed E-state index contributed by atoms with van der Waals surface area (Å²) in [5, 5.41) is 0. The molecule has 2 aromatic rings. The highest BCUT2D eigenvalue weighted by atomic mass is 19.1. The first-order valence-electron chi connectivity index (χ1n) is 5.13. The van der Waals surface area contributed by atoms with Crippen molar-refractivity contribution in [2.24, 2.45) is 7.05 Å². The standard InChI is InChI=1S/C13H12FNO2/c1-15-8-9(7-12(15)13(16)17-2)10-5-3-4-6-11(10)14/h3-8H,1-2H3. The monoisotopic (exact) mass is 233 g/mol. The molecule has 0 unspecified atom stereocenters. The summed E-state index contributed by atoms with van der Waals surface area (Å²) in [6.45, 7) is 0. The van der Waals surface area contributed by atoms with Gasteiger partial charge in [0.05, 0.1) is 7.11 Å². The molecule has 1 aromatic heterocycles. The number of aryl methyl sites for hydroxylation is 1. The van der Waals surface area contributed by atoms with Crippen molar-refractivity contribution < 1.29 is 13.9 Å². The van der Waals surface area contributed by atoms with Gasteiger partial charge >= 0.3 is 5.97 Å². The first-order valence-corrected chi connectivity index (χ1v) is 5.13. The van der Waals surface area contributed by atoms with Crippen molar-refractivity contribution in [3.05, 3.63) is 48.0 Å². The highest BCUT2D eigenvalue weighted by molar-refractivity contribution is 5.89. The van der Waals surface area contributed by atoms with Gasteiger partial charge in [-0.15, -0.1) is 0 Å². The number of carbonyl (C=O) groups excluding carboxylic acids is 1. The van der Waals surface area contributed by atoms with Crippen LogP contribution in [0.25, 0.3) is 11.1 Å². The van der Waals surface area contributed by atoms with Gasteiger partial charge in [-0.25, -0.2) is 9.18 Å². The lowest BCUT2D eigenvalue weighted by Gasteiger charge is -1.98. The van der Waals surface area contributed by atoms with Crippen molar-refractivity contribution in [1.29, 1.82) is 0 Å². The lowest BCUT2D eigenvalue weighted by molar-refractivity contribution is 0.0590. The van der Waals surface area contributed by atoms with Crippen molar-refractivity contribution in [2.75, 3.05) is 7.11 Å². The summed E-state index contributed by atoms with van der Waals surface area (Å²) in [5.74, 6) is -0.746. The Morgan fingerprint density at radius 2 is 2.06 bits per heavy atom. The smallest absolute Gasteiger partial charge is 0.354 e. The Morgan fingerprint density at radius 1 is 1.35 bits per heavy atom. The Morgan fingerprint density at radius 3 is 2.71 bits per heavy atom. The van der Waals surface area contributed by atoms with Gasteiger partial charge in [-0.05, 0) is 12.1 Å². The van der Waals surface area contributed by atoms with E-state index in [0.29, 0.717) is 16.8 Å². The maximum Gasteiger partial charge on any atom is 0.354 e. The second kappa shape index (κ2) is 4.41. The van der Waals surface area contributed by atoms with Gasteiger partial charge in [0.15, 0.2) is 0 Å². The Hall–Kier alpha value is -2.10. The lowest BCUT2D eigenvalue weighted by atomic mass is 10.1. The summed E-state index contributed by atoms with van der Waals surface area (Å²) >= 11 is 0. The average Bonchev–Trinajstić information content (AvgIpc) is 2.71. The van der Waals surface area contributed by atoms with Gasteiger partial charge in [0.25, 0.3) is 0 Å². The van der Waals surface area contributed by atoms with Crippen molar-refractivity contribution in [3.63, 3.8) is 0 Å². The van der Waals surface area contributed by atoms with Crippen LogP contribution in [0.3, 0.4) is 0 Å². The quantitative estimate of drug-likeness (QED) is 0.746. The number of ether oxygens (including phenoxy) is 1. The van der Waals surface area contributed by atoms with Crippen LogP contribution in [0, 0.1) is 5.82 Å². The van der Waals surface area contributed by atoms with E-state index < -0.39 is 5.97 Å². The number of carbonyl (C=O) groups is 1. The van der Waals surface area contributed by atoms with E-state index >= 15 is 0 Å². The van der Waals surface area contributed by atoms with Gasteiger partial charge in [-0.1, -0.05) is 18.2 Å². The van der Waals surface area contributed by atoms with Crippen LogP contribution < -0.4 is 0 Å². The van der Waals surface area contributed by atoms with Gasteiger partial charge in [-0.3, -0.25) is 0 Å². The maximum atomic E-state index is 13.6. The summed E-state index contributed by atoms with van der Waals surface area (Å²) in [7, 11) is 3.04. The number of benzene rings is 1. The highest BCUT2D eigenvalue weighted by Crippen LogP contribution is 2.24. The topological polar surface area (TPSA) is 31.2 Å². The SMILES string of the molecule is COC(=O)c1cc(-c2ccccc2F)cn1C. The first-order chi connectivity index (χ1) is 8.13. The van der Waals surface area contributed by atoms with Crippen molar-refractivity contribution >= 4 is 5.97 Å². The van der Waals surface area contributed by atoms with Crippen molar-refractivity contribution in [3.8, 4) is 11.1 Å². The molecule has 0 aliphatic rings. The molecule has 0 radical (unpaired) electrons. The third-order valence-electron chi connectivity index (χ3n) is 2.58. The zero-order valence-electron chi connectivity index (χ0n) is 9.61. The summed E-state index contributed by atoms with van der Waals surface area (Å²) in [6, 6.07) is 8.06. The molecule has 4 heteroatoms. The van der Waals surface area contributed by atoms with Crippen LogP contribution in [0.15, 0.2) is 36.5 Å². The zero-order chi connectivity index (χ0) is 12.4. The van der Waals surface area contributed by atoms with Gasteiger partial charge in [0.1, 0.15) is 11.5 Å². The third-order valence-corrected chi connectivity index (χ3v) is 2.58. The molecule has 1 heterocycles. The zero-order valence-corrected chi connectivity index (χ0v) is 9.61. The van der Waals surface area contributed by atoms with Crippen molar-refractivity contribution in [1.82, 2.24) is 4.57 Å². The van der Waals surface area contributed by atoms with E-state index in [-0.39, 0.29) is 5.82 Å². The maximum absolute atomic E-state index is 13.6. The molecule has 0 aliphatic heterocycles. The summed E-state index contributed by atoms with van der Waals surface area (Å²) in [5.41, 5.74) is 1.52. The second-order valence-corrected chi connectivity index (χ2v) is 3.70. The molecule has 0 amide bonds. The average molecular weight is 233 g/mol. The number of aromatic nitrogens is 1. The number of esters is 1. The molecule has 3 nitrogen and oxygen atoms in total. The van der Waals surface area contributed by atoms with Gasteiger partial charge < -0.3 is 9.30 Å². The van der Waals surface area contributed by atoms with E-state index in [0.717, 1.165) is 0 Å². The number of nitrogens with zero attached hydrogens (tertiary/aromatic N) is 1. The molecule has 0 saturated heterocycles. The van der Waals surface area contributed by atoms with Gasteiger partial charge in [0, 0.05) is 24.4 Å². The molecule has 88 valence electrons. The van der Waals surface area contributed by atoms with Crippen LogP contribution in [0.2, 0.25) is 0 Å². The van der Waals surface area contributed by atoms with Crippen LogP contribution in [0.5, 0.6) is 0 Å². The summed E-state index contributed by atoms with van der Waals surface area (Å²) < 4.78 is 19.8. The molecular formula is C13H12FNO2. The molecule has 0 fully saturated rings. The lowest BCUT2D eigenvalue weighted by Crippen LogP contribution is -2.06. The first kappa shape index (κ1) is 11.4. The third kappa shape index (κ3) is 2.06. The molecule has 0 bridgehead atoms. The Labute approximate surface area is 98.4 Å². The fourth-order valence-corrected chi connectivity index (χ4v) is 1.71. The predicted octanol–water partition coefficient (Wildman–Crippen LogP) is 2.62. The molecule has 0 spiro atoms. The molecule has 0 atom stereocenters. The summed E-state index contributed by atoms with van der Waals surface area (Å²) in [4.78, 5) is 11.4. The molecule has 17 heavy (non-hydrogen) atoms. The molecule has 2 rings (SSSR count). The highest BCUT2D eigenvalue weighted by Gasteiger charge is 2.14. The van der Waals surface area contributed by atoms with Crippen LogP contribution in [0.4, 0.5) is 4.39 Å². The Bertz CT molecular complexity index is 560. The number of rotatable bonds is 2. The van der Waals surface area contributed by atoms with Gasteiger partial charge in [-0.2, -0.15) is 0 Å². The molecule has 0 saturated carbocycles. The van der Waals surface area contributed by atoms with Crippen LogP contribution in [-0.4, -0.2) is 17.6 Å². The normalized spacial score (nSPS) is 10.3. The van der Waals surface area contributed by atoms with E-state index in [1.807, 2.05) is 0 Å². The van der Waals surface area contributed by atoms with E-state index in [1.54, 1.807) is 42.1 Å². The second-order valence-electron chi connectivity index (χ2n) is 3.70. The predicted molar refractivity (Wildman–Crippen MR) is 62.1 cm³/mol. The van der Waals surface area contributed by atoms with Crippen LogP contribution in [-0.2, 0) is 11.8 Å². The molecule has 1 aromatic carbocycles. The minimum absolute atomic E-state index is 0.311. The Balaban J connectivity index is 2.49. The van der Waals surface area contributed by atoms with Crippen LogP contribution in [0.1, 0.15) is 10.5 Å². The van der Waals surface area contributed by atoms with E-state index in [9.17, 15) is 9.18 Å². The van der Waals surface area contributed by atoms with E-state index in [2.05, 4.69) is 4.74 Å².